The van der Waals surface area contributed by atoms with E-state index in [2.05, 4.69) is 37.6 Å². The Morgan fingerprint density at radius 3 is 2.52 bits per heavy atom. The molecule has 0 N–H and O–H groups in total. The summed E-state index contributed by atoms with van der Waals surface area (Å²) in [6, 6.07) is 0. The van der Waals surface area contributed by atoms with E-state index in [9.17, 15) is 0 Å². The molecule has 1 atom stereocenters. The summed E-state index contributed by atoms with van der Waals surface area (Å²) < 4.78 is 0. The van der Waals surface area contributed by atoms with Crippen molar-refractivity contribution in [1.82, 2.24) is 9.80 Å². The van der Waals surface area contributed by atoms with Crippen LogP contribution in [0.3, 0.4) is 0 Å². The topological polar surface area (TPSA) is 6.48 Å². The number of likely N-dealkylation sites (tertiary alicyclic amines) is 1. The molecule has 1 unspecified atom stereocenters. The smallest absolute Gasteiger partial charge is 0.0109 e. The summed E-state index contributed by atoms with van der Waals surface area (Å²) in [4.78, 5) is 5.27. The first-order valence-electron chi connectivity index (χ1n) is 9.60. The van der Waals surface area contributed by atoms with E-state index in [0.29, 0.717) is 0 Å². The quantitative estimate of drug-likeness (QED) is 0.579. The molecule has 1 fully saturated rings. The molecule has 0 radical (unpaired) electrons. The van der Waals surface area contributed by atoms with Crippen molar-refractivity contribution in [2.45, 2.75) is 72.1 Å². The highest BCUT2D eigenvalue weighted by molar-refractivity contribution is 4.71. The van der Waals surface area contributed by atoms with E-state index in [1.165, 1.54) is 84.1 Å². The van der Waals surface area contributed by atoms with Crippen LogP contribution in [-0.2, 0) is 0 Å². The van der Waals surface area contributed by atoms with Crippen LogP contribution in [-0.4, -0.2) is 49.6 Å². The number of likely N-dealkylation sites (N-methyl/N-ethyl adjacent to an activating group) is 1. The lowest BCUT2D eigenvalue weighted by Crippen LogP contribution is -2.36. The van der Waals surface area contributed by atoms with E-state index in [-0.39, 0.29) is 0 Å². The van der Waals surface area contributed by atoms with E-state index >= 15 is 0 Å². The monoisotopic (exact) mass is 296 g/mol. The second kappa shape index (κ2) is 11.5. The molecule has 2 heteroatoms. The summed E-state index contributed by atoms with van der Waals surface area (Å²) in [6.07, 6.45) is 11.2. The van der Waals surface area contributed by atoms with E-state index < -0.39 is 0 Å². The summed E-state index contributed by atoms with van der Waals surface area (Å²) in [7, 11) is 2.31. The van der Waals surface area contributed by atoms with Gasteiger partial charge in [0.25, 0.3) is 0 Å². The van der Waals surface area contributed by atoms with Gasteiger partial charge >= 0.3 is 0 Å². The molecule has 1 saturated heterocycles. The van der Waals surface area contributed by atoms with Crippen LogP contribution >= 0.6 is 0 Å². The highest BCUT2D eigenvalue weighted by Gasteiger charge is 2.16. The average molecular weight is 297 g/mol. The molecular formula is C19H40N2. The van der Waals surface area contributed by atoms with Gasteiger partial charge in [0, 0.05) is 19.6 Å². The first-order chi connectivity index (χ1) is 10.2. The Kier molecular flexibility index (Phi) is 10.4. The van der Waals surface area contributed by atoms with E-state index in [0.717, 1.165) is 11.8 Å². The Bertz CT molecular complexity index is 238. The van der Waals surface area contributed by atoms with Gasteiger partial charge in [-0.15, -0.1) is 0 Å². The van der Waals surface area contributed by atoms with E-state index in [1.807, 2.05) is 0 Å². The number of hydrogen-bond donors (Lipinski definition) is 0. The SMILES string of the molecule is CCC(CC)CCCN(C)CCN1CCCCC(CC)C1. The summed E-state index contributed by atoms with van der Waals surface area (Å²) in [6.45, 7) is 13.5. The van der Waals surface area contributed by atoms with Crippen LogP contribution in [0.15, 0.2) is 0 Å². The molecule has 1 aliphatic rings. The standard InChI is InChI=1S/C19H40N2/c1-5-18(6-2)12-10-13-20(4)15-16-21-14-9-8-11-19(7-3)17-21/h18-19H,5-17H2,1-4H3. The van der Waals surface area contributed by atoms with Crippen LogP contribution in [0.25, 0.3) is 0 Å². The van der Waals surface area contributed by atoms with Crippen molar-refractivity contribution in [3.05, 3.63) is 0 Å². The molecule has 0 bridgehead atoms. The van der Waals surface area contributed by atoms with E-state index in [1.54, 1.807) is 0 Å². The summed E-state index contributed by atoms with van der Waals surface area (Å²) in [5.41, 5.74) is 0. The van der Waals surface area contributed by atoms with E-state index in [4.69, 9.17) is 0 Å². The predicted molar refractivity (Wildman–Crippen MR) is 94.9 cm³/mol. The highest BCUT2D eigenvalue weighted by atomic mass is 15.2. The lowest BCUT2D eigenvalue weighted by Gasteiger charge is -2.26. The zero-order valence-corrected chi connectivity index (χ0v) is 15.2. The molecular weight excluding hydrogens is 256 g/mol. The summed E-state index contributed by atoms with van der Waals surface area (Å²) in [5, 5.41) is 0. The fourth-order valence-electron chi connectivity index (χ4n) is 3.62. The first kappa shape index (κ1) is 19.0. The Labute approximate surface area is 134 Å². The Morgan fingerprint density at radius 2 is 1.86 bits per heavy atom. The Hall–Kier alpha value is -0.0800. The maximum Gasteiger partial charge on any atom is 0.0109 e. The van der Waals surface area contributed by atoms with Gasteiger partial charge in [-0.05, 0) is 57.7 Å². The van der Waals surface area contributed by atoms with Gasteiger partial charge in [-0.3, -0.25) is 0 Å². The first-order valence-corrected chi connectivity index (χ1v) is 9.60. The third-order valence-corrected chi connectivity index (χ3v) is 5.54. The van der Waals surface area contributed by atoms with Crippen molar-refractivity contribution >= 4 is 0 Å². The fraction of sp³-hybridized carbons (Fsp3) is 1.00. The molecule has 0 saturated carbocycles. The number of hydrogen-bond acceptors (Lipinski definition) is 2. The van der Waals surface area contributed by atoms with Gasteiger partial charge < -0.3 is 9.80 Å². The van der Waals surface area contributed by atoms with Gasteiger partial charge in [0.05, 0.1) is 0 Å². The van der Waals surface area contributed by atoms with Gasteiger partial charge in [-0.25, -0.2) is 0 Å². The third-order valence-electron chi connectivity index (χ3n) is 5.54. The largest absolute Gasteiger partial charge is 0.305 e. The molecule has 1 rings (SSSR count). The molecule has 0 spiro atoms. The molecule has 0 amide bonds. The van der Waals surface area contributed by atoms with Crippen LogP contribution in [0.1, 0.15) is 72.1 Å². The molecule has 0 aliphatic carbocycles. The fourth-order valence-corrected chi connectivity index (χ4v) is 3.62. The maximum absolute atomic E-state index is 2.72. The van der Waals surface area contributed by atoms with Crippen LogP contribution in [0.5, 0.6) is 0 Å². The summed E-state index contributed by atoms with van der Waals surface area (Å²) in [5.74, 6) is 1.90. The zero-order valence-electron chi connectivity index (χ0n) is 15.2. The Balaban J connectivity index is 2.15. The molecule has 0 aromatic heterocycles. The molecule has 2 nitrogen and oxygen atoms in total. The minimum Gasteiger partial charge on any atom is -0.305 e. The van der Waals surface area contributed by atoms with Gasteiger partial charge in [-0.2, -0.15) is 0 Å². The minimum atomic E-state index is 0.952. The van der Waals surface area contributed by atoms with Gasteiger partial charge in [-0.1, -0.05) is 46.5 Å². The molecule has 0 aromatic rings. The van der Waals surface area contributed by atoms with Crippen LogP contribution in [0.4, 0.5) is 0 Å². The van der Waals surface area contributed by atoms with Crippen LogP contribution in [0.2, 0.25) is 0 Å². The normalized spacial score (nSPS) is 21.1. The van der Waals surface area contributed by atoms with Gasteiger partial charge in [0.15, 0.2) is 0 Å². The van der Waals surface area contributed by atoms with Gasteiger partial charge in [0.2, 0.25) is 0 Å². The third kappa shape index (κ3) is 8.21. The maximum atomic E-state index is 2.72. The molecule has 21 heavy (non-hydrogen) atoms. The van der Waals surface area contributed by atoms with Crippen molar-refractivity contribution in [1.29, 1.82) is 0 Å². The van der Waals surface area contributed by atoms with Gasteiger partial charge in [0.1, 0.15) is 0 Å². The molecule has 1 aliphatic heterocycles. The lowest BCUT2D eigenvalue weighted by molar-refractivity contribution is 0.205. The van der Waals surface area contributed by atoms with Crippen LogP contribution in [0, 0.1) is 11.8 Å². The molecule has 0 aromatic carbocycles. The molecule has 126 valence electrons. The van der Waals surface area contributed by atoms with Crippen molar-refractivity contribution in [2.24, 2.45) is 11.8 Å². The van der Waals surface area contributed by atoms with Crippen molar-refractivity contribution in [2.75, 3.05) is 39.8 Å². The predicted octanol–water partition coefficient (Wildman–Crippen LogP) is 4.65. The zero-order chi connectivity index (χ0) is 15.5. The van der Waals surface area contributed by atoms with Crippen LogP contribution < -0.4 is 0 Å². The minimum absolute atomic E-state index is 0.952. The number of nitrogens with zero attached hydrogens (tertiary/aromatic N) is 2. The van der Waals surface area contributed by atoms with Crippen molar-refractivity contribution < 1.29 is 0 Å². The second-order valence-corrected chi connectivity index (χ2v) is 7.20. The lowest BCUT2D eigenvalue weighted by atomic mass is 9.97. The summed E-state index contributed by atoms with van der Waals surface area (Å²) >= 11 is 0. The second-order valence-electron chi connectivity index (χ2n) is 7.20. The molecule has 1 heterocycles. The van der Waals surface area contributed by atoms with Crippen molar-refractivity contribution in [3.8, 4) is 0 Å². The highest BCUT2D eigenvalue weighted by Crippen LogP contribution is 2.19. The average Bonchev–Trinajstić information content (AvgIpc) is 2.74. The number of rotatable bonds is 10. The Morgan fingerprint density at radius 1 is 1.10 bits per heavy atom. The van der Waals surface area contributed by atoms with Crippen molar-refractivity contribution in [3.63, 3.8) is 0 Å².